The molecule has 1 aromatic carbocycles. The predicted octanol–water partition coefficient (Wildman–Crippen LogP) is 3.33. The van der Waals surface area contributed by atoms with Crippen molar-refractivity contribution in [2.45, 2.75) is 51.5 Å². The zero-order valence-electron chi connectivity index (χ0n) is 19.0. The minimum absolute atomic E-state index is 0.0827. The van der Waals surface area contributed by atoms with Gasteiger partial charge < -0.3 is 9.80 Å². The van der Waals surface area contributed by atoms with Gasteiger partial charge in [0.25, 0.3) is 5.91 Å². The lowest BCUT2D eigenvalue weighted by atomic mass is 9.59. The average Bonchev–Trinajstić information content (AvgIpc) is 2.77. The van der Waals surface area contributed by atoms with E-state index >= 15 is 0 Å². The van der Waals surface area contributed by atoms with Crippen LogP contribution in [0.15, 0.2) is 12.1 Å². The number of aldehydes is 1. The van der Waals surface area contributed by atoms with Crippen LogP contribution in [0.25, 0.3) is 0 Å². The van der Waals surface area contributed by atoms with Gasteiger partial charge in [0.1, 0.15) is 5.82 Å². The number of carbonyl (C=O) groups is 2. The number of hydrogen-bond acceptors (Lipinski definition) is 5. The summed E-state index contributed by atoms with van der Waals surface area (Å²) in [5, 5.41) is 1.24. The first-order valence-corrected chi connectivity index (χ1v) is 11.6. The zero-order valence-corrected chi connectivity index (χ0v) is 19.0. The van der Waals surface area contributed by atoms with E-state index in [9.17, 15) is 14.0 Å². The normalized spacial score (nSPS) is 22.4. The molecule has 1 saturated carbocycles. The number of likely N-dealkylation sites (tertiary alicyclic amines) is 1. The van der Waals surface area contributed by atoms with Crippen LogP contribution in [0.1, 0.15) is 66.2 Å². The van der Waals surface area contributed by atoms with Crippen LogP contribution < -0.4 is 10.3 Å². The molecule has 31 heavy (non-hydrogen) atoms. The Morgan fingerprint density at radius 2 is 1.84 bits per heavy atom. The van der Waals surface area contributed by atoms with E-state index in [1.54, 1.807) is 14.1 Å². The van der Waals surface area contributed by atoms with Gasteiger partial charge in [0.05, 0.1) is 11.3 Å². The van der Waals surface area contributed by atoms with Crippen LogP contribution in [0.4, 0.5) is 10.1 Å². The van der Waals surface area contributed by atoms with Crippen LogP contribution in [0.3, 0.4) is 0 Å². The molecule has 170 valence electrons. The molecule has 0 atom stereocenters. The van der Waals surface area contributed by atoms with E-state index in [1.807, 2.05) is 4.90 Å². The number of anilines is 1. The summed E-state index contributed by atoms with van der Waals surface area (Å²) in [5.74, 6) is -0.0106. The van der Waals surface area contributed by atoms with Gasteiger partial charge in [-0.15, -0.1) is 0 Å². The van der Waals surface area contributed by atoms with Gasteiger partial charge in [-0.2, -0.15) is 0 Å². The number of benzene rings is 1. The van der Waals surface area contributed by atoms with Crippen molar-refractivity contribution in [2.75, 3.05) is 45.2 Å². The molecule has 2 saturated heterocycles. The van der Waals surface area contributed by atoms with Crippen molar-refractivity contribution in [3.05, 3.63) is 29.1 Å². The van der Waals surface area contributed by atoms with E-state index < -0.39 is 11.7 Å². The SMILES string of the molecule is CNN(C)C(=O)c1cc(F)c(N2CCC3(CC2)CC(N2CCC(C)CC2)C3)cc1C=O. The van der Waals surface area contributed by atoms with Gasteiger partial charge in [0.2, 0.25) is 0 Å². The van der Waals surface area contributed by atoms with E-state index in [1.165, 1.54) is 55.9 Å². The molecule has 1 spiro atoms. The molecule has 0 bridgehead atoms. The molecule has 2 heterocycles. The highest BCUT2D eigenvalue weighted by molar-refractivity contribution is 6.01. The molecular formula is C24H35FN4O2. The Morgan fingerprint density at radius 3 is 2.42 bits per heavy atom. The molecule has 1 N–H and O–H groups in total. The van der Waals surface area contributed by atoms with Crippen LogP contribution in [-0.4, -0.2) is 68.4 Å². The fraction of sp³-hybridized carbons (Fsp3) is 0.667. The molecule has 3 fully saturated rings. The van der Waals surface area contributed by atoms with Crippen molar-refractivity contribution < 1.29 is 14.0 Å². The van der Waals surface area contributed by atoms with Crippen LogP contribution in [-0.2, 0) is 0 Å². The maximum Gasteiger partial charge on any atom is 0.268 e. The van der Waals surface area contributed by atoms with Crippen LogP contribution in [0.2, 0.25) is 0 Å². The smallest absolute Gasteiger partial charge is 0.268 e. The van der Waals surface area contributed by atoms with E-state index in [0.717, 1.165) is 37.9 Å². The molecule has 0 radical (unpaired) electrons. The molecule has 7 heteroatoms. The van der Waals surface area contributed by atoms with Crippen molar-refractivity contribution in [1.82, 2.24) is 15.3 Å². The summed E-state index contributed by atoms with van der Waals surface area (Å²) in [6.07, 6.45) is 7.93. The Kier molecular flexibility index (Phi) is 6.35. The minimum Gasteiger partial charge on any atom is -0.369 e. The summed E-state index contributed by atoms with van der Waals surface area (Å²) >= 11 is 0. The quantitative estimate of drug-likeness (QED) is 0.574. The molecule has 1 amide bonds. The van der Waals surface area contributed by atoms with Gasteiger partial charge in [0, 0.05) is 38.8 Å². The van der Waals surface area contributed by atoms with Gasteiger partial charge in [-0.3, -0.25) is 14.6 Å². The third-order valence-corrected chi connectivity index (χ3v) is 7.95. The van der Waals surface area contributed by atoms with Crippen LogP contribution in [0, 0.1) is 17.2 Å². The topological polar surface area (TPSA) is 55.9 Å². The summed E-state index contributed by atoms with van der Waals surface area (Å²) in [4.78, 5) is 28.8. The molecule has 0 aromatic heterocycles. The first-order valence-electron chi connectivity index (χ1n) is 11.6. The summed E-state index contributed by atoms with van der Waals surface area (Å²) in [5.41, 5.74) is 3.84. The number of piperidine rings is 2. The lowest BCUT2D eigenvalue weighted by Crippen LogP contribution is -2.56. The Labute approximate surface area is 184 Å². The van der Waals surface area contributed by atoms with Crippen molar-refractivity contribution in [1.29, 1.82) is 0 Å². The van der Waals surface area contributed by atoms with Gasteiger partial charge in [0.15, 0.2) is 6.29 Å². The number of nitrogens with one attached hydrogen (secondary N) is 1. The summed E-state index contributed by atoms with van der Waals surface area (Å²) in [6, 6.07) is 3.47. The van der Waals surface area contributed by atoms with E-state index in [0.29, 0.717) is 17.4 Å². The lowest BCUT2D eigenvalue weighted by molar-refractivity contribution is -0.0284. The van der Waals surface area contributed by atoms with Crippen molar-refractivity contribution >= 4 is 17.9 Å². The predicted molar refractivity (Wildman–Crippen MR) is 120 cm³/mol. The molecule has 2 aliphatic heterocycles. The monoisotopic (exact) mass is 430 g/mol. The largest absolute Gasteiger partial charge is 0.369 e. The number of hydrazine groups is 1. The lowest BCUT2D eigenvalue weighted by Gasteiger charge is -2.56. The number of halogens is 1. The number of hydrogen-bond donors (Lipinski definition) is 1. The highest BCUT2D eigenvalue weighted by Gasteiger charge is 2.48. The maximum absolute atomic E-state index is 14.9. The highest BCUT2D eigenvalue weighted by atomic mass is 19.1. The summed E-state index contributed by atoms with van der Waals surface area (Å²) in [6.45, 7) is 6.42. The second-order valence-electron chi connectivity index (χ2n) is 9.86. The van der Waals surface area contributed by atoms with Gasteiger partial charge in [-0.25, -0.2) is 9.82 Å². The van der Waals surface area contributed by atoms with Crippen molar-refractivity contribution in [3.63, 3.8) is 0 Å². The van der Waals surface area contributed by atoms with Gasteiger partial charge >= 0.3 is 0 Å². The molecule has 1 aromatic rings. The standard InChI is InChI=1S/C24H35FN4O2/c1-17-4-8-28(9-5-17)19-14-24(15-19)6-10-29(11-7-24)22-12-18(16-30)20(13-21(22)25)23(31)27(3)26-2/h12-13,16-17,19,26H,4-11,14-15H2,1-3H3. The summed E-state index contributed by atoms with van der Waals surface area (Å²) in [7, 11) is 3.15. The van der Waals surface area contributed by atoms with E-state index in [2.05, 4.69) is 17.2 Å². The van der Waals surface area contributed by atoms with Crippen LogP contribution >= 0.6 is 0 Å². The van der Waals surface area contributed by atoms with E-state index in [-0.39, 0.29) is 11.1 Å². The molecule has 3 aliphatic rings. The minimum atomic E-state index is -0.441. The average molecular weight is 431 g/mol. The Morgan fingerprint density at radius 1 is 1.19 bits per heavy atom. The highest BCUT2D eigenvalue weighted by Crippen LogP contribution is 2.52. The van der Waals surface area contributed by atoms with Gasteiger partial charge in [-0.05, 0) is 75.1 Å². The fourth-order valence-electron chi connectivity index (χ4n) is 5.61. The summed E-state index contributed by atoms with van der Waals surface area (Å²) < 4.78 is 14.9. The molecule has 1 aliphatic carbocycles. The number of amides is 1. The van der Waals surface area contributed by atoms with Crippen molar-refractivity contribution in [2.24, 2.45) is 11.3 Å². The molecule has 6 nitrogen and oxygen atoms in total. The third-order valence-electron chi connectivity index (χ3n) is 7.95. The Hall–Kier alpha value is -1.99. The second kappa shape index (κ2) is 8.87. The fourth-order valence-corrected chi connectivity index (χ4v) is 5.61. The van der Waals surface area contributed by atoms with Crippen molar-refractivity contribution in [3.8, 4) is 0 Å². The second-order valence-corrected chi connectivity index (χ2v) is 9.86. The molecular weight excluding hydrogens is 395 g/mol. The third kappa shape index (κ3) is 4.35. The first-order chi connectivity index (χ1) is 14.9. The Balaban J connectivity index is 1.39. The maximum atomic E-state index is 14.9. The van der Waals surface area contributed by atoms with Crippen LogP contribution in [0.5, 0.6) is 0 Å². The number of nitrogens with zero attached hydrogens (tertiary/aromatic N) is 3. The first kappa shape index (κ1) is 22.2. The molecule has 4 rings (SSSR count). The number of carbonyl (C=O) groups excluding carboxylic acids is 2. The molecule has 0 unspecified atom stereocenters. The van der Waals surface area contributed by atoms with Gasteiger partial charge in [-0.1, -0.05) is 6.92 Å². The number of rotatable bonds is 5. The zero-order chi connectivity index (χ0) is 22.2. The van der Waals surface area contributed by atoms with E-state index in [4.69, 9.17) is 0 Å². The Bertz CT molecular complexity index is 821.